The molecule has 14 heteroatoms. The van der Waals surface area contributed by atoms with Gasteiger partial charge in [0.15, 0.2) is 11.6 Å². The van der Waals surface area contributed by atoms with Gasteiger partial charge in [0.25, 0.3) is 0 Å². The molecule has 3 heterocycles. The Labute approximate surface area is 196 Å². The molecule has 0 radical (unpaired) electrons. The molecule has 2 fully saturated rings. The largest absolute Gasteiger partial charge is 0.522 e. The number of aromatic amines is 1. The Balaban J connectivity index is 1.24. The molecule has 0 saturated heterocycles. The summed E-state index contributed by atoms with van der Waals surface area (Å²) in [4.78, 5) is 16.2. The van der Waals surface area contributed by atoms with Gasteiger partial charge in [0.1, 0.15) is 24.4 Å². The Morgan fingerprint density at radius 3 is 2.86 bits per heavy atom. The van der Waals surface area contributed by atoms with E-state index in [1.807, 2.05) is 6.92 Å². The van der Waals surface area contributed by atoms with Crippen LogP contribution >= 0.6 is 0 Å². The third-order valence-corrected chi connectivity index (χ3v) is 6.23. The first-order valence-electron chi connectivity index (χ1n) is 11.1. The number of hydrogen-bond acceptors (Lipinski definition) is 7. The Morgan fingerprint density at radius 2 is 2.11 bits per heavy atom. The van der Waals surface area contributed by atoms with E-state index in [-0.39, 0.29) is 11.2 Å². The number of H-pyrrole nitrogens is 1. The van der Waals surface area contributed by atoms with E-state index in [9.17, 15) is 18.0 Å². The fourth-order valence-electron chi connectivity index (χ4n) is 4.11. The number of fused-ring (bicyclic) bond motifs is 1. The van der Waals surface area contributed by atoms with Crippen LogP contribution in [-0.4, -0.2) is 55.1 Å². The quantitative estimate of drug-likeness (QED) is 0.421. The Bertz CT molecular complexity index is 1220. The van der Waals surface area contributed by atoms with Gasteiger partial charge >= 0.3 is 12.5 Å². The van der Waals surface area contributed by atoms with Crippen molar-refractivity contribution in [1.82, 2.24) is 30.1 Å². The van der Waals surface area contributed by atoms with Crippen LogP contribution in [0.1, 0.15) is 49.9 Å². The predicted octanol–water partition coefficient (Wildman–Crippen LogP) is 4.10. The Morgan fingerprint density at radius 1 is 1.31 bits per heavy atom. The van der Waals surface area contributed by atoms with Crippen LogP contribution in [0.4, 0.5) is 34.0 Å². The van der Waals surface area contributed by atoms with Crippen LogP contribution in [0, 0.1) is 0 Å². The molecule has 2 aliphatic carbocycles. The monoisotopic (exact) mass is 497 g/mol. The molecule has 3 aromatic rings. The summed E-state index contributed by atoms with van der Waals surface area (Å²) in [7, 11) is 0. The van der Waals surface area contributed by atoms with Crippen LogP contribution in [0.25, 0.3) is 5.52 Å². The molecule has 0 unspecified atom stereocenters. The molecule has 2 saturated carbocycles. The maximum atomic E-state index is 15.1. The molecule has 2 aliphatic rings. The number of nitrogens with zero attached hydrogens (tertiary/aromatic N) is 4. The number of anilines is 2. The van der Waals surface area contributed by atoms with Crippen molar-refractivity contribution in [1.29, 1.82) is 0 Å². The summed E-state index contributed by atoms with van der Waals surface area (Å²) >= 11 is 0. The topological polar surface area (TPSA) is 118 Å². The summed E-state index contributed by atoms with van der Waals surface area (Å²) in [5.41, 5.74) is 0.757. The predicted molar refractivity (Wildman–Crippen MR) is 114 cm³/mol. The smallest absolute Gasteiger partial charge is 0.443 e. The van der Waals surface area contributed by atoms with E-state index in [4.69, 9.17) is 4.74 Å². The molecule has 3 N–H and O–H groups in total. The highest BCUT2D eigenvalue weighted by molar-refractivity contribution is 5.72. The van der Waals surface area contributed by atoms with Crippen molar-refractivity contribution in [2.45, 2.75) is 69.3 Å². The Hall–Kier alpha value is -3.42. The number of alkyl carbamates (subject to hydrolysis) is 1. The fraction of sp³-hybridized carbons (Fsp3) is 0.524. The number of rotatable bonds is 7. The van der Waals surface area contributed by atoms with Gasteiger partial charge in [-0.1, -0.05) is 0 Å². The minimum atomic E-state index is -4.77. The second kappa shape index (κ2) is 8.66. The van der Waals surface area contributed by atoms with Crippen molar-refractivity contribution in [3.63, 3.8) is 0 Å². The van der Waals surface area contributed by atoms with Crippen LogP contribution in [0.2, 0.25) is 0 Å². The number of amides is 1. The molecule has 0 spiro atoms. The van der Waals surface area contributed by atoms with E-state index in [0.717, 1.165) is 12.8 Å². The van der Waals surface area contributed by atoms with Gasteiger partial charge in [-0.25, -0.2) is 18.7 Å². The van der Waals surface area contributed by atoms with Crippen LogP contribution in [0.15, 0.2) is 24.5 Å². The van der Waals surface area contributed by atoms with Crippen LogP contribution in [0.5, 0.6) is 0 Å². The van der Waals surface area contributed by atoms with Gasteiger partial charge in [-0.2, -0.15) is 10.2 Å². The number of carbonyl (C=O) groups is 1. The number of ether oxygens (including phenoxy) is 2. The van der Waals surface area contributed by atoms with Crippen molar-refractivity contribution < 1.29 is 31.8 Å². The van der Waals surface area contributed by atoms with E-state index < -0.39 is 37.3 Å². The zero-order valence-corrected chi connectivity index (χ0v) is 18.6. The highest BCUT2D eigenvalue weighted by Crippen LogP contribution is 2.39. The average Bonchev–Trinajstić information content (AvgIpc) is 3.14. The van der Waals surface area contributed by atoms with Crippen molar-refractivity contribution in [3.05, 3.63) is 35.9 Å². The van der Waals surface area contributed by atoms with Gasteiger partial charge in [-0.15, -0.1) is 13.2 Å². The summed E-state index contributed by atoms with van der Waals surface area (Å²) in [5.74, 6) is 0.106. The third-order valence-electron chi connectivity index (χ3n) is 6.23. The maximum absolute atomic E-state index is 15.1. The SMILES string of the molecule is CC1(NC(=O)O[C@H]2CC[C@@H](c3cc(Nc4nccn5nc(COC(F)(F)F)cc45)n[nH]3)[C@H]2F)CC1. The minimum absolute atomic E-state index is 0.0677. The van der Waals surface area contributed by atoms with E-state index in [1.54, 1.807) is 6.07 Å². The minimum Gasteiger partial charge on any atom is -0.443 e. The maximum Gasteiger partial charge on any atom is 0.522 e. The molecule has 3 aromatic heterocycles. The van der Waals surface area contributed by atoms with Gasteiger partial charge in [-0.05, 0) is 38.7 Å². The van der Waals surface area contributed by atoms with E-state index in [2.05, 4.69) is 35.7 Å². The van der Waals surface area contributed by atoms with Gasteiger partial charge in [0.05, 0.1) is 5.69 Å². The van der Waals surface area contributed by atoms with Crippen molar-refractivity contribution in [3.8, 4) is 0 Å². The number of alkyl halides is 4. The van der Waals surface area contributed by atoms with Crippen LogP contribution < -0.4 is 10.6 Å². The standard InChI is InChI=1S/C21H23F4N7O3/c1-20(4-5-20)28-19(33)35-15-3-2-12(17(15)22)13-9-16(30-29-13)27-18-14-8-11(10-34-21(23,24)25)31-32(14)7-6-26-18/h6-9,12,15,17H,2-5,10H2,1H3,(H,28,33)(H2,26,27,29,30)/t12-,15-,17+/m0/s1. The number of carbonyl (C=O) groups excluding carboxylic acids is 1. The van der Waals surface area contributed by atoms with Gasteiger partial charge in [0, 0.05) is 35.6 Å². The first kappa shape index (κ1) is 23.3. The molecular formula is C21H23F4N7O3. The summed E-state index contributed by atoms with van der Waals surface area (Å²) < 4.78 is 62.5. The third kappa shape index (κ3) is 5.31. The summed E-state index contributed by atoms with van der Waals surface area (Å²) in [6, 6.07) is 3.04. The fourth-order valence-corrected chi connectivity index (χ4v) is 4.11. The van der Waals surface area contributed by atoms with Crippen LogP contribution in [-0.2, 0) is 16.1 Å². The van der Waals surface area contributed by atoms with Gasteiger partial charge in [-0.3, -0.25) is 9.84 Å². The van der Waals surface area contributed by atoms with Crippen LogP contribution in [0.3, 0.4) is 0 Å². The molecule has 10 nitrogen and oxygen atoms in total. The summed E-state index contributed by atoms with van der Waals surface area (Å²) in [6.07, 6.45) is -2.09. The molecule has 35 heavy (non-hydrogen) atoms. The van der Waals surface area contributed by atoms with E-state index in [0.29, 0.717) is 35.7 Å². The van der Waals surface area contributed by atoms with Crippen molar-refractivity contribution in [2.24, 2.45) is 0 Å². The highest BCUT2D eigenvalue weighted by Gasteiger charge is 2.43. The normalized spacial score (nSPS) is 23.4. The molecule has 0 bridgehead atoms. The highest BCUT2D eigenvalue weighted by atomic mass is 19.4. The first-order chi connectivity index (χ1) is 16.6. The van der Waals surface area contributed by atoms with Gasteiger partial charge in [0.2, 0.25) is 0 Å². The molecular weight excluding hydrogens is 474 g/mol. The lowest BCUT2D eigenvalue weighted by molar-refractivity contribution is -0.330. The van der Waals surface area contributed by atoms with E-state index in [1.165, 1.54) is 23.0 Å². The second-order valence-electron chi connectivity index (χ2n) is 9.07. The lowest BCUT2D eigenvalue weighted by atomic mass is 10.0. The summed E-state index contributed by atoms with van der Waals surface area (Å²) in [5, 5.41) is 16.7. The molecule has 5 rings (SSSR count). The number of halogens is 4. The van der Waals surface area contributed by atoms with Gasteiger partial charge < -0.3 is 15.4 Å². The number of aromatic nitrogens is 5. The number of nitrogens with one attached hydrogen (secondary N) is 3. The molecule has 188 valence electrons. The molecule has 0 aliphatic heterocycles. The molecule has 3 atom stereocenters. The zero-order chi connectivity index (χ0) is 24.8. The second-order valence-corrected chi connectivity index (χ2v) is 9.07. The Kier molecular flexibility index (Phi) is 5.77. The lowest BCUT2D eigenvalue weighted by Crippen LogP contribution is -2.38. The zero-order valence-electron chi connectivity index (χ0n) is 18.6. The van der Waals surface area contributed by atoms with Crippen molar-refractivity contribution in [2.75, 3.05) is 5.32 Å². The lowest BCUT2D eigenvalue weighted by Gasteiger charge is -2.19. The van der Waals surface area contributed by atoms with Crippen molar-refractivity contribution >= 4 is 23.2 Å². The molecule has 1 amide bonds. The summed E-state index contributed by atoms with van der Waals surface area (Å²) in [6.45, 7) is 1.17. The molecule has 0 aromatic carbocycles. The number of hydrogen-bond donors (Lipinski definition) is 3. The van der Waals surface area contributed by atoms with E-state index >= 15 is 4.39 Å². The first-order valence-corrected chi connectivity index (χ1v) is 11.1. The average molecular weight is 497 g/mol.